The minimum absolute atomic E-state index is 0.0279. The van der Waals surface area contributed by atoms with Gasteiger partial charge < -0.3 is 24.5 Å². The van der Waals surface area contributed by atoms with Gasteiger partial charge in [-0.15, -0.1) is 0 Å². The fourth-order valence-electron chi connectivity index (χ4n) is 1.94. The third kappa shape index (κ3) is 4.14. The molecule has 21 heavy (non-hydrogen) atoms. The molecule has 0 bridgehead atoms. The molecule has 0 radical (unpaired) electrons. The van der Waals surface area contributed by atoms with E-state index in [9.17, 15) is 19.8 Å². The van der Waals surface area contributed by atoms with Gasteiger partial charge in [-0.1, -0.05) is 0 Å². The summed E-state index contributed by atoms with van der Waals surface area (Å²) in [5.74, 6) is 0. The SMILES string of the molecule is O=c1[nH]cc([C@@H]2O[C@H](COP(=S)(Cl)Cl)C(O)C2O)c(=O)[nH]1. The number of aliphatic hydroxyl groups excluding tert-OH is 2. The Morgan fingerprint density at radius 1 is 1.38 bits per heavy atom. The molecule has 0 aromatic carbocycles. The Morgan fingerprint density at radius 3 is 2.62 bits per heavy atom. The molecule has 118 valence electrons. The maximum Gasteiger partial charge on any atom is 0.325 e. The summed E-state index contributed by atoms with van der Waals surface area (Å²) in [5.41, 5.74) is -1.45. The molecular formula is C9H11Cl2N2O6PS. The summed E-state index contributed by atoms with van der Waals surface area (Å²) in [6.45, 7) is -0.236. The average molecular weight is 377 g/mol. The zero-order valence-corrected chi connectivity index (χ0v) is 13.5. The van der Waals surface area contributed by atoms with E-state index in [1.807, 2.05) is 4.98 Å². The molecule has 0 saturated carbocycles. The fourth-order valence-corrected chi connectivity index (χ4v) is 2.78. The number of aromatic amines is 2. The van der Waals surface area contributed by atoms with Gasteiger partial charge in [0.05, 0.1) is 12.2 Å². The molecule has 8 nitrogen and oxygen atoms in total. The van der Waals surface area contributed by atoms with Gasteiger partial charge in [0.25, 0.3) is 5.56 Å². The van der Waals surface area contributed by atoms with E-state index in [0.717, 1.165) is 6.20 Å². The van der Waals surface area contributed by atoms with Crippen LogP contribution in [-0.4, -0.2) is 45.1 Å². The van der Waals surface area contributed by atoms with E-state index in [-0.39, 0.29) is 12.2 Å². The smallest absolute Gasteiger partial charge is 0.325 e. The first kappa shape index (κ1) is 17.1. The lowest BCUT2D eigenvalue weighted by atomic mass is 10.0. The maximum absolute atomic E-state index is 11.7. The van der Waals surface area contributed by atoms with Gasteiger partial charge in [0.1, 0.15) is 24.4 Å². The van der Waals surface area contributed by atoms with Crippen molar-refractivity contribution in [3.05, 3.63) is 32.6 Å². The summed E-state index contributed by atoms with van der Waals surface area (Å²) in [6.07, 6.45) is -3.68. The molecule has 1 aliphatic rings. The number of ether oxygens (including phenoxy) is 1. The van der Waals surface area contributed by atoms with Crippen LogP contribution < -0.4 is 11.2 Å². The van der Waals surface area contributed by atoms with Crippen LogP contribution in [-0.2, 0) is 21.1 Å². The van der Waals surface area contributed by atoms with Gasteiger partial charge in [-0.2, -0.15) is 0 Å². The minimum atomic E-state index is -2.98. The standard InChI is InChI=1S/C9H11Cl2N2O6PS/c10-20(11,21)18-2-4-5(14)6(15)7(19-4)3-1-12-9(17)13-8(3)16/h1,4-7,14-15H,2H2,(H2,12,13,16,17)/t4-,5?,6?,7+/m1/s1. The van der Waals surface area contributed by atoms with Crippen LogP contribution in [0.25, 0.3) is 0 Å². The van der Waals surface area contributed by atoms with Gasteiger partial charge in [0.15, 0.2) is 0 Å². The lowest BCUT2D eigenvalue weighted by Gasteiger charge is -2.15. The second kappa shape index (κ2) is 6.47. The molecule has 1 aromatic rings. The van der Waals surface area contributed by atoms with Crippen LogP contribution in [0.5, 0.6) is 0 Å². The molecule has 1 aromatic heterocycles. The number of hydrogen-bond acceptors (Lipinski definition) is 7. The summed E-state index contributed by atoms with van der Waals surface area (Å²) < 4.78 is 10.4. The summed E-state index contributed by atoms with van der Waals surface area (Å²) in [5, 5.41) is 19.8. The molecule has 1 saturated heterocycles. The molecule has 1 aliphatic heterocycles. The molecule has 0 amide bonds. The second-order valence-electron chi connectivity index (χ2n) is 4.31. The average Bonchev–Trinajstić information content (AvgIpc) is 2.64. The molecule has 4 N–H and O–H groups in total. The van der Waals surface area contributed by atoms with Gasteiger partial charge >= 0.3 is 5.69 Å². The number of hydrogen-bond donors (Lipinski definition) is 4. The quantitative estimate of drug-likeness (QED) is 0.542. The lowest BCUT2D eigenvalue weighted by molar-refractivity contribution is -0.0146. The number of rotatable bonds is 4. The van der Waals surface area contributed by atoms with Gasteiger partial charge in [0.2, 0.25) is 4.97 Å². The van der Waals surface area contributed by atoms with Crippen molar-refractivity contribution in [1.82, 2.24) is 9.97 Å². The highest BCUT2D eigenvalue weighted by Crippen LogP contribution is 2.58. The van der Waals surface area contributed by atoms with E-state index in [1.54, 1.807) is 0 Å². The second-order valence-corrected chi connectivity index (χ2v) is 11.5. The highest BCUT2D eigenvalue weighted by Gasteiger charge is 2.44. The molecular weight excluding hydrogens is 366 g/mol. The van der Waals surface area contributed by atoms with Crippen molar-refractivity contribution in [3.8, 4) is 0 Å². The van der Waals surface area contributed by atoms with E-state index >= 15 is 0 Å². The van der Waals surface area contributed by atoms with E-state index in [1.165, 1.54) is 0 Å². The highest BCUT2D eigenvalue weighted by atomic mass is 35.9. The molecule has 2 unspecified atom stereocenters. The topological polar surface area (TPSA) is 125 Å². The van der Waals surface area contributed by atoms with Crippen LogP contribution in [0, 0.1) is 0 Å². The molecule has 0 spiro atoms. The van der Waals surface area contributed by atoms with E-state index in [4.69, 9.17) is 31.7 Å². The van der Waals surface area contributed by atoms with Crippen molar-refractivity contribution in [2.45, 2.75) is 24.4 Å². The van der Waals surface area contributed by atoms with Crippen LogP contribution in [0.4, 0.5) is 0 Å². The first-order valence-electron chi connectivity index (χ1n) is 5.66. The van der Waals surface area contributed by atoms with Gasteiger partial charge in [0, 0.05) is 6.20 Å². The number of nitrogens with one attached hydrogen (secondary N) is 2. The summed E-state index contributed by atoms with van der Waals surface area (Å²) in [4.78, 5) is 23.9. The van der Waals surface area contributed by atoms with Crippen LogP contribution in [0.15, 0.2) is 15.8 Å². The van der Waals surface area contributed by atoms with Gasteiger partial charge in [-0.25, -0.2) is 4.79 Å². The van der Waals surface area contributed by atoms with Gasteiger partial charge in [-0.05, 0) is 34.3 Å². The van der Waals surface area contributed by atoms with Crippen LogP contribution in [0.3, 0.4) is 0 Å². The van der Waals surface area contributed by atoms with Crippen molar-refractivity contribution in [2.24, 2.45) is 0 Å². The maximum atomic E-state index is 11.7. The summed E-state index contributed by atoms with van der Waals surface area (Å²) in [7, 11) is 0. The Labute approximate surface area is 132 Å². The number of H-pyrrole nitrogens is 2. The van der Waals surface area contributed by atoms with Crippen molar-refractivity contribution in [1.29, 1.82) is 0 Å². The number of aromatic nitrogens is 2. The van der Waals surface area contributed by atoms with Crippen molar-refractivity contribution in [3.63, 3.8) is 0 Å². The zero-order chi connectivity index (χ0) is 15.8. The molecule has 0 aliphatic carbocycles. The molecule has 12 heteroatoms. The largest absolute Gasteiger partial charge is 0.387 e. The highest BCUT2D eigenvalue weighted by molar-refractivity contribution is 8.36. The van der Waals surface area contributed by atoms with Crippen LogP contribution in [0.1, 0.15) is 11.7 Å². The van der Waals surface area contributed by atoms with Gasteiger partial charge in [-0.3, -0.25) is 9.78 Å². The number of halogens is 2. The lowest BCUT2D eigenvalue weighted by Crippen LogP contribution is -2.34. The van der Waals surface area contributed by atoms with E-state index in [0.29, 0.717) is 0 Å². The normalized spacial score (nSPS) is 29.7. The van der Waals surface area contributed by atoms with Crippen molar-refractivity contribution in [2.75, 3.05) is 6.61 Å². The van der Waals surface area contributed by atoms with Crippen molar-refractivity contribution >= 4 is 39.3 Å². The van der Waals surface area contributed by atoms with E-state index in [2.05, 4.69) is 16.8 Å². The monoisotopic (exact) mass is 376 g/mol. The van der Waals surface area contributed by atoms with Crippen molar-refractivity contribution < 1.29 is 19.5 Å². The Kier molecular flexibility index (Phi) is 5.27. The zero-order valence-electron chi connectivity index (χ0n) is 10.2. The van der Waals surface area contributed by atoms with Crippen LogP contribution in [0.2, 0.25) is 0 Å². The summed E-state index contributed by atoms with van der Waals surface area (Å²) >= 11 is 15.8. The third-order valence-corrected chi connectivity index (χ3v) is 4.26. The Morgan fingerprint density at radius 2 is 2.05 bits per heavy atom. The Balaban J connectivity index is 2.18. The number of aliphatic hydroxyl groups is 2. The van der Waals surface area contributed by atoms with Crippen LogP contribution >= 0.6 is 27.5 Å². The molecule has 2 rings (SSSR count). The molecule has 4 atom stereocenters. The predicted molar refractivity (Wildman–Crippen MR) is 79.3 cm³/mol. The summed E-state index contributed by atoms with van der Waals surface area (Å²) in [6, 6.07) is 0. The van der Waals surface area contributed by atoms with E-state index < -0.39 is 40.6 Å². The first-order chi connectivity index (χ1) is 9.69. The molecule has 2 heterocycles. The third-order valence-electron chi connectivity index (χ3n) is 2.91. The first-order valence-corrected chi connectivity index (χ1v) is 10.2. The predicted octanol–water partition coefficient (Wildman–Crippen LogP) is -0.0564. The fraction of sp³-hybridized carbons (Fsp3) is 0.556. The molecule has 1 fully saturated rings. The Bertz CT molecular complexity index is 675. The minimum Gasteiger partial charge on any atom is -0.387 e. The Hall–Kier alpha value is -0.250.